The molecule has 6 nitrogen and oxygen atoms in total. The first-order valence-corrected chi connectivity index (χ1v) is 4.02. The van der Waals surface area contributed by atoms with Crippen LogP contribution >= 0.6 is 0 Å². The van der Waals surface area contributed by atoms with Crippen LogP contribution in [0.25, 0.3) is 0 Å². The van der Waals surface area contributed by atoms with Gasteiger partial charge >= 0.3 is 0 Å². The highest BCUT2D eigenvalue weighted by Crippen LogP contribution is 1.92. The highest BCUT2D eigenvalue weighted by Gasteiger charge is 1.95. The number of aliphatic carboxylic acids is 1. The average molecular weight is 210 g/mol. The molecule has 0 spiro atoms. The van der Waals surface area contributed by atoms with Crippen LogP contribution in [0.1, 0.15) is 26.7 Å². The highest BCUT2D eigenvalue weighted by atomic mass is 16.4. The van der Waals surface area contributed by atoms with Crippen molar-refractivity contribution < 1.29 is 30.0 Å². The van der Waals surface area contributed by atoms with Gasteiger partial charge in [-0.15, -0.1) is 0 Å². The molecule has 0 bridgehead atoms. The largest absolute Gasteiger partial charge is 0.483 e. The smallest absolute Gasteiger partial charge is 0.300 e. The van der Waals surface area contributed by atoms with Gasteiger partial charge in [0.05, 0.1) is 12.7 Å². The first kappa shape index (κ1) is 18.6. The van der Waals surface area contributed by atoms with E-state index in [4.69, 9.17) is 30.0 Å². The zero-order valence-corrected chi connectivity index (χ0v) is 8.38. The third kappa shape index (κ3) is 70.9. The number of rotatable bonds is 3. The maximum absolute atomic E-state index is 9.00. The Balaban J connectivity index is -0.000000147. The fourth-order valence-electron chi connectivity index (χ4n) is 0.425. The molecule has 1 unspecified atom stereocenters. The molecule has 0 aliphatic heterocycles. The Hall–Kier alpha value is -1.14. The van der Waals surface area contributed by atoms with E-state index >= 15 is 0 Å². The van der Waals surface area contributed by atoms with Gasteiger partial charge in [0.1, 0.15) is 0 Å². The number of carboxylic acid groups (broad SMARTS) is 2. The van der Waals surface area contributed by atoms with E-state index in [-0.39, 0.29) is 13.1 Å². The van der Waals surface area contributed by atoms with Crippen molar-refractivity contribution in [2.24, 2.45) is 0 Å². The summed E-state index contributed by atoms with van der Waals surface area (Å²) in [6, 6.07) is 0. The normalized spacial score (nSPS) is 9.71. The van der Waals surface area contributed by atoms with E-state index in [0.29, 0.717) is 6.42 Å². The molecule has 0 aromatic rings. The van der Waals surface area contributed by atoms with Crippen LogP contribution in [0.4, 0.5) is 0 Å². The molecule has 1 atom stereocenters. The topological polar surface area (TPSA) is 115 Å². The Bertz CT molecular complexity index is 121. The summed E-state index contributed by atoms with van der Waals surface area (Å²) in [7, 11) is 0. The first-order valence-electron chi connectivity index (χ1n) is 4.02. The third-order valence-corrected chi connectivity index (χ3v) is 0.833. The first-order chi connectivity index (χ1) is 6.45. The summed E-state index contributed by atoms with van der Waals surface area (Å²) in [4.78, 5) is 17.4. The quantitative estimate of drug-likeness (QED) is 0.485. The lowest BCUT2D eigenvalue weighted by Crippen LogP contribution is -2.10. The van der Waals surface area contributed by atoms with Crippen molar-refractivity contribution in [1.29, 1.82) is 0 Å². The molecule has 0 aromatic heterocycles. The summed E-state index contributed by atoms with van der Waals surface area (Å²) in [6.07, 6.45) is 1.14. The highest BCUT2D eigenvalue weighted by molar-refractivity contribution is 5.62. The third-order valence-electron chi connectivity index (χ3n) is 0.833. The zero-order chi connectivity index (χ0) is 12.0. The minimum absolute atomic E-state index is 0.103. The average Bonchev–Trinajstić information content (AvgIpc) is 2.05. The number of aliphatic hydroxyl groups is 2. The Morgan fingerprint density at radius 3 is 1.86 bits per heavy atom. The van der Waals surface area contributed by atoms with Crippen LogP contribution in [0.2, 0.25) is 0 Å². The molecular weight excluding hydrogens is 192 g/mol. The predicted molar refractivity (Wildman–Crippen MR) is 50.0 cm³/mol. The maximum Gasteiger partial charge on any atom is 0.300 e. The fraction of sp³-hybridized carbons (Fsp3) is 0.750. The van der Waals surface area contributed by atoms with Crippen molar-refractivity contribution in [2.75, 3.05) is 6.61 Å². The molecule has 4 N–H and O–H groups in total. The van der Waals surface area contributed by atoms with E-state index in [1.807, 2.05) is 6.92 Å². The lowest BCUT2D eigenvalue weighted by molar-refractivity contribution is -0.134. The second kappa shape index (κ2) is 17.8. The summed E-state index contributed by atoms with van der Waals surface area (Å²) in [6.45, 7) is 2.70. The number of hydrogen-bond donors (Lipinski definition) is 4. The molecule has 0 amide bonds. The van der Waals surface area contributed by atoms with Crippen molar-refractivity contribution in [1.82, 2.24) is 0 Å². The number of aliphatic hydroxyl groups excluding tert-OH is 2. The minimum atomic E-state index is -0.833. The fourth-order valence-corrected chi connectivity index (χ4v) is 0.425. The van der Waals surface area contributed by atoms with Crippen LogP contribution in [-0.2, 0) is 9.59 Å². The molecule has 0 saturated carbocycles. The molecule has 0 fully saturated rings. The van der Waals surface area contributed by atoms with Crippen molar-refractivity contribution >= 4 is 12.4 Å². The lowest BCUT2D eigenvalue weighted by atomic mass is 10.2. The molecule has 14 heavy (non-hydrogen) atoms. The minimum Gasteiger partial charge on any atom is -0.483 e. The lowest BCUT2D eigenvalue weighted by Gasteiger charge is -2.01. The van der Waals surface area contributed by atoms with Crippen LogP contribution in [-0.4, -0.2) is 45.6 Å². The van der Waals surface area contributed by atoms with Crippen LogP contribution in [0.15, 0.2) is 0 Å². The molecule has 0 radical (unpaired) electrons. The van der Waals surface area contributed by atoms with Crippen LogP contribution in [0.5, 0.6) is 0 Å². The second-order valence-corrected chi connectivity index (χ2v) is 2.25. The summed E-state index contributed by atoms with van der Waals surface area (Å²) in [5, 5.41) is 31.1. The van der Waals surface area contributed by atoms with E-state index in [2.05, 4.69) is 0 Å². The molecule has 0 saturated heterocycles. The Morgan fingerprint density at radius 2 is 1.79 bits per heavy atom. The second-order valence-electron chi connectivity index (χ2n) is 2.25. The van der Waals surface area contributed by atoms with E-state index < -0.39 is 12.1 Å². The molecule has 86 valence electrons. The van der Waals surface area contributed by atoms with Crippen LogP contribution in [0.3, 0.4) is 0 Å². The van der Waals surface area contributed by atoms with Gasteiger partial charge in [0.25, 0.3) is 12.4 Å². The van der Waals surface area contributed by atoms with Crippen molar-refractivity contribution in [2.45, 2.75) is 32.8 Å². The molecule has 6 heteroatoms. The van der Waals surface area contributed by atoms with E-state index in [1.54, 1.807) is 0 Å². The van der Waals surface area contributed by atoms with Gasteiger partial charge in [0, 0.05) is 6.92 Å². The van der Waals surface area contributed by atoms with Crippen molar-refractivity contribution in [3.8, 4) is 0 Å². The standard InChI is InChI=1S/C5H12O2.C2H4O2.CH2O2/c1-2-3-5(7)4-6;1-2(3)4;2-1-3/h5-7H,2-4H2,1H3;1H3,(H,3,4);1H,(H,2,3). The molecule has 0 heterocycles. The zero-order valence-electron chi connectivity index (χ0n) is 8.38. The van der Waals surface area contributed by atoms with E-state index in [9.17, 15) is 0 Å². The number of hydrogen-bond acceptors (Lipinski definition) is 4. The van der Waals surface area contributed by atoms with Crippen LogP contribution in [0, 0.1) is 0 Å². The maximum atomic E-state index is 9.00. The molecule has 0 aliphatic rings. The summed E-state index contributed by atoms with van der Waals surface area (Å²) in [5.74, 6) is -0.833. The SMILES string of the molecule is CC(=O)O.CCCC(O)CO.O=CO. The van der Waals surface area contributed by atoms with Crippen LogP contribution < -0.4 is 0 Å². The van der Waals surface area contributed by atoms with Gasteiger partial charge in [-0.25, -0.2) is 0 Å². The molecule has 0 aliphatic carbocycles. The van der Waals surface area contributed by atoms with Gasteiger partial charge in [0.15, 0.2) is 0 Å². The van der Waals surface area contributed by atoms with E-state index in [0.717, 1.165) is 13.3 Å². The number of carboxylic acids is 1. The van der Waals surface area contributed by atoms with Gasteiger partial charge in [0.2, 0.25) is 0 Å². The van der Waals surface area contributed by atoms with Gasteiger partial charge in [-0.05, 0) is 6.42 Å². The number of carbonyl (C=O) groups is 2. The van der Waals surface area contributed by atoms with Crippen molar-refractivity contribution in [3.63, 3.8) is 0 Å². The molecule has 0 rings (SSSR count). The Kier molecular flexibility index (Phi) is 23.7. The van der Waals surface area contributed by atoms with Gasteiger partial charge in [-0.3, -0.25) is 9.59 Å². The Labute approximate surface area is 82.8 Å². The summed E-state index contributed by atoms with van der Waals surface area (Å²) < 4.78 is 0. The molecular formula is C8H18O6. The summed E-state index contributed by atoms with van der Waals surface area (Å²) in [5.41, 5.74) is 0. The van der Waals surface area contributed by atoms with Gasteiger partial charge in [-0.1, -0.05) is 13.3 Å². The summed E-state index contributed by atoms with van der Waals surface area (Å²) >= 11 is 0. The monoisotopic (exact) mass is 210 g/mol. The molecule has 0 aromatic carbocycles. The predicted octanol–water partition coefficient (Wildman–Crippen LogP) is -0.0686. The van der Waals surface area contributed by atoms with E-state index in [1.165, 1.54) is 0 Å². The van der Waals surface area contributed by atoms with Crippen molar-refractivity contribution in [3.05, 3.63) is 0 Å². The van der Waals surface area contributed by atoms with Gasteiger partial charge in [-0.2, -0.15) is 0 Å². The Morgan fingerprint density at radius 1 is 1.50 bits per heavy atom. The van der Waals surface area contributed by atoms with Gasteiger partial charge < -0.3 is 20.4 Å².